The zero-order valence-corrected chi connectivity index (χ0v) is 17.6. The van der Waals surface area contributed by atoms with Crippen LogP contribution < -0.4 is 0 Å². The molecule has 3 aromatic rings. The van der Waals surface area contributed by atoms with Crippen molar-refractivity contribution in [2.75, 3.05) is 7.05 Å². The molecule has 2 aromatic heterocycles. The average Bonchev–Trinajstić information content (AvgIpc) is 3.09. The van der Waals surface area contributed by atoms with Crippen LogP contribution in [0, 0.1) is 6.92 Å². The fourth-order valence-corrected chi connectivity index (χ4v) is 5.74. The van der Waals surface area contributed by atoms with Gasteiger partial charge in [0.1, 0.15) is 0 Å². The van der Waals surface area contributed by atoms with E-state index < -0.39 is 0 Å². The molecule has 0 fully saturated rings. The molecule has 26 heavy (non-hydrogen) atoms. The number of hydrogen-bond acceptors (Lipinski definition) is 2. The van der Waals surface area contributed by atoms with E-state index in [1.807, 2.05) is 17.4 Å². The van der Waals surface area contributed by atoms with E-state index in [1.165, 1.54) is 20.7 Å². The Morgan fingerprint density at radius 1 is 1.23 bits per heavy atom. The summed E-state index contributed by atoms with van der Waals surface area (Å²) in [6, 6.07) is 11.7. The van der Waals surface area contributed by atoms with Gasteiger partial charge in [-0.1, -0.05) is 23.7 Å². The molecule has 0 radical (unpaired) electrons. The van der Waals surface area contributed by atoms with Gasteiger partial charge in [-0.2, -0.15) is 0 Å². The zero-order chi connectivity index (χ0) is 18.4. The van der Waals surface area contributed by atoms with Crippen LogP contribution in [0.15, 0.2) is 30.3 Å². The Balaban J connectivity index is 1.65. The molecule has 1 aliphatic heterocycles. The second kappa shape index (κ2) is 7.03. The highest BCUT2D eigenvalue weighted by atomic mass is 35.5. The number of nitrogens with zero attached hydrogens (tertiary/aromatic N) is 2. The van der Waals surface area contributed by atoms with E-state index in [9.17, 15) is 0 Å². The minimum atomic E-state index is 0.489. The largest absolute Gasteiger partial charge is 0.343 e. The van der Waals surface area contributed by atoms with Crippen molar-refractivity contribution in [1.82, 2.24) is 9.47 Å². The highest BCUT2D eigenvalue weighted by Gasteiger charge is 2.32. The number of likely N-dealkylation sites (N-methyl/N-ethyl adjacent to an activating group) is 1. The van der Waals surface area contributed by atoms with Crippen LogP contribution in [0.3, 0.4) is 0 Å². The molecule has 1 aromatic carbocycles. The van der Waals surface area contributed by atoms with Gasteiger partial charge >= 0.3 is 0 Å². The summed E-state index contributed by atoms with van der Waals surface area (Å²) in [6.07, 6.45) is 3.36. The number of aromatic nitrogens is 1. The van der Waals surface area contributed by atoms with Crippen molar-refractivity contribution in [1.29, 1.82) is 0 Å². The Hall–Kier alpha value is -1.29. The summed E-state index contributed by atoms with van der Waals surface area (Å²) in [6.45, 7) is 8.02. The van der Waals surface area contributed by atoms with E-state index >= 15 is 0 Å². The quantitative estimate of drug-likeness (QED) is 0.515. The Kier molecular flexibility index (Phi) is 4.89. The molecular weight excluding hydrogens is 360 g/mol. The molecule has 0 amide bonds. The molecule has 0 saturated carbocycles. The van der Waals surface area contributed by atoms with Gasteiger partial charge in [-0.05, 0) is 64.4 Å². The van der Waals surface area contributed by atoms with Crippen molar-refractivity contribution in [2.45, 2.75) is 58.7 Å². The first-order chi connectivity index (χ1) is 12.5. The minimum absolute atomic E-state index is 0.489. The van der Waals surface area contributed by atoms with E-state index in [-0.39, 0.29) is 0 Å². The lowest BCUT2D eigenvalue weighted by Gasteiger charge is -2.36. The molecule has 2 atom stereocenters. The molecule has 0 saturated heterocycles. The highest BCUT2D eigenvalue weighted by Crippen LogP contribution is 2.42. The van der Waals surface area contributed by atoms with Crippen molar-refractivity contribution in [3.8, 4) is 0 Å². The Labute approximate surface area is 165 Å². The van der Waals surface area contributed by atoms with Crippen LogP contribution in [0.5, 0.6) is 0 Å². The van der Waals surface area contributed by atoms with Crippen LogP contribution in [0.25, 0.3) is 10.2 Å². The van der Waals surface area contributed by atoms with E-state index in [4.69, 9.17) is 11.6 Å². The molecule has 138 valence electrons. The maximum atomic E-state index is 6.14. The molecule has 0 N–H and O–H groups in total. The predicted octanol–water partition coefficient (Wildman–Crippen LogP) is 6.23. The first-order valence-corrected chi connectivity index (χ1v) is 10.7. The highest BCUT2D eigenvalue weighted by molar-refractivity contribution is 7.19. The molecule has 4 rings (SSSR count). The maximum Gasteiger partial charge on any atom is 0.0598 e. The second-order valence-electron chi connectivity index (χ2n) is 7.71. The third-order valence-electron chi connectivity index (χ3n) is 5.96. The molecule has 0 aliphatic carbocycles. The third kappa shape index (κ3) is 3.11. The van der Waals surface area contributed by atoms with Crippen LogP contribution in [-0.4, -0.2) is 22.6 Å². The standard InChI is InChI=1S/C22H27ClN2S/c1-14-11-19-21(16(3)24(14)4)22-20(12-15(2)26-22)25(19)10-6-8-17-7-5-9-18(23)13-17/h5,7,9,12-14,16H,6,8,10-11H2,1-4H3. The van der Waals surface area contributed by atoms with Gasteiger partial charge in [0, 0.05) is 46.2 Å². The third-order valence-corrected chi connectivity index (χ3v) is 7.26. The van der Waals surface area contributed by atoms with Gasteiger partial charge < -0.3 is 4.57 Å². The molecule has 3 heterocycles. The molecule has 1 aliphatic rings. The lowest BCUT2D eigenvalue weighted by Crippen LogP contribution is -2.38. The lowest BCUT2D eigenvalue weighted by molar-refractivity contribution is 0.177. The molecule has 0 bridgehead atoms. The van der Waals surface area contributed by atoms with Crippen LogP contribution in [0.2, 0.25) is 5.02 Å². The van der Waals surface area contributed by atoms with Gasteiger partial charge in [0.15, 0.2) is 0 Å². The molecule has 4 heteroatoms. The summed E-state index contributed by atoms with van der Waals surface area (Å²) in [4.78, 5) is 3.93. The predicted molar refractivity (Wildman–Crippen MR) is 114 cm³/mol. The Morgan fingerprint density at radius 3 is 2.81 bits per heavy atom. The fraction of sp³-hybridized carbons (Fsp3) is 0.455. The Morgan fingerprint density at radius 2 is 2.04 bits per heavy atom. The summed E-state index contributed by atoms with van der Waals surface area (Å²) in [7, 11) is 2.26. The van der Waals surface area contributed by atoms with Crippen LogP contribution in [-0.2, 0) is 19.4 Å². The number of fused-ring (bicyclic) bond motifs is 3. The van der Waals surface area contributed by atoms with E-state index in [0.717, 1.165) is 30.8 Å². The van der Waals surface area contributed by atoms with Crippen molar-refractivity contribution < 1.29 is 0 Å². The van der Waals surface area contributed by atoms with Gasteiger partial charge in [0.25, 0.3) is 0 Å². The summed E-state index contributed by atoms with van der Waals surface area (Å²) >= 11 is 8.10. The summed E-state index contributed by atoms with van der Waals surface area (Å²) in [5, 5.41) is 0.836. The van der Waals surface area contributed by atoms with E-state index in [0.29, 0.717) is 12.1 Å². The van der Waals surface area contributed by atoms with Crippen LogP contribution in [0.1, 0.15) is 48.0 Å². The van der Waals surface area contributed by atoms with Crippen molar-refractivity contribution in [2.24, 2.45) is 0 Å². The maximum absolute atomic E-state index is 6.14. The van der Waals surface area contributed by atoms with Crippen molar-refractivity contribution in [3.05, 3.63) is 57.1 Å². The molecular formula is C22H27ClN2S. The normalized spacial score (nSPS) is 20.7. The first-order valence-electron chi connectivity index (χ1n) is 9.53. The van der Waals surface area contributed by atoms with Gasteiger partial charge in [-0.25, -0.2) is 0 Å². The number of aryl methyl sites for hydroxylation is 3. The summed E-state index contributed by atoms with van der Waals surface area (Å²) < 4.78 is 4.12. The van der Waals surface area contributed by atoms with Gasteiger partial charge in [0.05, 0.1) is 10.2 Å². The lowest BCUT2D eigenvalue weighted by atomic mass is 9.95. The van der Waals surface area contributed by atoms with Crippen LogP contribution >= 0.6 is 22.9 Å². The van der Waals surface area contributed by atoms with Gasteiger partial charge in [-0.3, -0.25) is 4.90 Å². The second-order valence-corrected chi connectivity index (χ2v) is 9.40. The number of halogens is 1. The topological polar surface area (TPSA) is 8.17 Å². The summed E-state index contributed by atoms with van der Waals surface area (Å²) in [5.41, 5.74) is 5.91. The van der Waals surface area contributed by atoms with Crippen molar-refractivity contribution >= 4 is 33.2 Å². The smallest absolute Gasteiger partial charge is 0.0598 e. The molecule has 2 nitrogen and oxygen atoms in total. The number of thiophene rings is 1. The summed E-state index contributed by atoms with van der Waals surface area (Å²) in [5.74, 6) is 0. The monoisotopic (exact) mass is 386 g/mol. The average molecular weight is 387 g/mol. The zero-order valence-electron chi connectivity index (χ0n) is 16.1. The van der Waals surface area contributed by atoms with E-state index in [2.05, 4.69) is 61.6 Å². The molecule has 2 unspecified atom stereocenters. The minimum Gasteiger partial charge on any atom is -0.343 e. The number of rotatable bonds is 4. The van der Waals surface area contributed by atoms with Gasteiger partial charge in [0.2, 0.25) is 0 Å². The molecule has 0 spiro atoms. The van der Waals surface area contributed by atoms with Gasteiger partial charge in [-0.15, -0.1) is 11.3 Å². The number of benzene rings is 1. The Bertz CT molecular complexity index is 939. The van der Waals surface area contributed by atoms with E-state index in [1.54, 1.807) is 11.3 Å². The van der Waals surface area contributed by atoms with Crippen LogP contribution in [0.4, 0.5) is 0 Å². The first kappa shape index (κ1) is 18.1. The van der Waals surface area contributed by atoms with Crippen molar-refractivity contribution in [3.63, 3.8) is 0 Å². The SMILES string of the molecule is Cc1cc2c(s1)c1c(n2CCCc2cccc(Cl)c2)CC(C)N(C)C1C. The number of hydrogen-bond donors (Lipinski definition) is 0. The fourth-order valence-electron chi connectivity index (χ4n) is 4.37.